The third kappa shape index (κ3) is 4.23. The number of hydrogen-bond donors (Lipinski definition) is 2. The van der Waals surface area contributed by atoms with E-state index < -0.39 is 10.0 Å². The minimum absolute atomic E-state index is 0.0599. The lowest BCUT2D eigenvalue weighted by atomic mass is 10.0. The van der Waals surface area contributed by atoms with Crippen LogP contribution in [0, 0.1) is 0 Å². The lowest BCUT2D eigenvalue weighted by Crippen LogP contribution is -2.40. The van der Waals surface area contributed by atoms with Crippen molar-refractivity contribution in [3.8, 4) is 0 Å². The van der Waals surface area contributed by atoms with Crippen LogP contribution in [0.3, 0.4) is 0 Å². The van der Waals surface area contributed by atoms with E-state index in [2.05, 4.69) is 22.3 Å². The number of nitrogens with two attached hydrogens (primary N) is 1. The van der Waals surface area contributed by atoms with Crippen LogP contribution in [0.25, 0.3) is 0 Å². The maximum Gasteiger partial charge on any atom is 0.239 e. The number of carbonyl (C=O) groups excluding carboxylic acids is 1. The first-order chi connectivity index (χ1) is 12.3. The highest BCUT2D eigenvalue weighted by Gasteiger charge is 2.19. The number of benzene rings is 2. The van der Waals surface area contributed by atoms with E-state index in [0.29, 0.717) is 6.54 Å². The van der Waals surface area contributed by atoms with Crippen molar-refractivity contribution in [1.82, 2.24) is 5.32 Å². The van der Waals surface area contributed by atoms with Crippen LogP contribution in [0.4, 0.5) is 5.69 Å². The molecule has 0 saturated heterocycles. The highest BCUT2D eigenvalue weighted by Crippen LogP contribution is 2.26. The molecular formula is C19H23N3O3S. The molecule has 0 unspecified atom stereocenters. The molecule has 138 valence electrons. The van der Waals surface area contributed by atoms with E-state index >= 15 is 0 Å². The van der Waals surface area contributed by atoms with E-state index in [1.54, 1.807) is 12.1 Å². The van der Waals surface area contributed by atoms with Crippen molar-refractivity contribution in [2.24, 2.45) is 5.14 Å². The molecule has 1 aliphatic heterocycles. The van der Waals surface area contributed by atoms with Gasteiger partial charge >= 0.3 is 0 Å². The molecule has 1 aliphatic rings. The second-order valence-corrected chi connectivity index (χ2v) is 8.12. The molecular weight excluding hydrogens is 350 g/mol. The van der Waals surface area contributed by atoms with Crippen molar-refractivity contribution < 1.29 is 13.2 Å². The number of nitrogens with one attached hydrogen (secondary N) is 1. The van der Waals surface area contributed by atoms with Crippen molar-refractivity contribution in [1.29, 1.82) is 0 Å². The molecule has 1 atom stereocenters. The Labute approximate surface area is 154 Å². The summed E-state index contributed by atoms with van der Waals surface area (Å²) in [5.41, 5.74) is 3.22. The van der Waals surface area contributed by atoms with E-state index in [-0.39, 0.29) is 16.8 Å². The Balaban J connectivity index is 1.63. The van der Waals surface area contributed by atoms with Crippen LogP contribution >= 0.6 is 0 Å². The zero-order valence-corrected chi connectivity index (χ0v) is 15.5. The summed E-state index contributed by atoms with van der Waals surface area (Å²) in [5.74, 6) is -0.0651. The third-order valence-corrected chi connectivity index (χ3v) is 5.56. The van der Waals surface area contributed by atoms with Gasteiger partial charge in [-0.2, -0.15) is 0 Å². The number of aryl methyl sites for hydroxylation is 1. The Kier molecular flexibility index (Phi) is 5.29. The summed E-state index contributed by atoms with van der Waals surface area (Å²) in [5, 5.41) is 8.07. The minimum Gasteiger partial charge on any atom is -0.362 e. The van der Waals surface area contributed by atoms with Gasteiger partial charge in [0.2, 0.25) is 15.9 Å². The molecule has 0 aliphatic carbocycles. The molecule has 7 heteroatoms. The quantitative estimate of drug-likeness (QED) is 0.838. The second-order valence-electron chi connectivity index (χ2n) is 6.56. The summed E-state index contributed by atoms with van der Waals surface area (Å²) in [6, 6.07) is 14.2. The fraction of sp³-hybridized carbons (Fsp3) is 0.316. The number of hydrogen-bond acceptors (Lipinski definition) is 4. The van der Waals surface area contributed by atoms with Crippen LogP contribution in [0.1, 0.15) is 30.5 Å². The van der Waals surface area contributed by atoms with Gasteiger partial charge in [-0.1, -0.05) is 30.3 Å². The SMILES string of the molecule is C[C@H](NC(=O)CN1CCCc2ccccc21)c1ccc(S(N)(=O)=O)cc1. The second kappa shape index (κ2) is 7.47. The van der Waals surface area contributed by atoms with Crippen LogP contribution in [0.5, 0.6) is 0 Å². The number of amides is 1. The fourth-order valence-electron chi connectivity index (χ4n) is 3.27. The molecule has 3 N–H and O–H groups in total. The maximum absolute atomic E-state index is 12.5. The Morgan fingerprint density at radius 3 is 2.58 bits per heavy atom. The molecule has 0 bridgehead atoms. The molecule has 0 saturated carbocycles. The minimum atomic E-state index is -3.71. The molecule has 6 nitrogen and oxygen atoms in total. The van der Waals surface area contributed by atoms with Crippen molar-refractivity contribution in [3.63, 3.8) is 0 Å². The van der Waals surface area contributed by atoms with Gasteiger partial charge in [-0.05, 0) is 49.1 Å². The normalized spacial score (nSPS) is 15.2. The van der Waals surface area contributed by atoms with Crippen LogP contribution < -0.4 is 15.4 Å². The van der Waals surface area contributed by atoms with E-state index in [9.17, 15) is 13.2 Å². The van der Waals surface area contributed by atoms with Crippen molar-refractivity contribution >= 4 is 21.6 Å². The summed E-state index contributed by atoms with van der Waals surface area (Å²) in [6.45, 7) is 3.03. The molecule has 26 heavy (non-hydrogen) atoms. The monoisotopic (exact) mass is 373 g/mol. The van der Waals surface area contributed by atoms with Crippen LogP contribution in [0.15, 0.2) is 53.4 Å². The standard InChI is InChI=1S/C19H23N3O3S/c1-14(15-8-10-17(11-9-15)26(20,24)25)21-19(23)13-22-12-4-6-16-5-2-3-7-18(16)22/h2-3,5,7-11,14H,4,6,12-13H2,1H3,(H,21,23)(H2,20,24,25)/t14-/m0/s1. The van der Waals surface area contributed by atoms with Gasteiger partial charge in [0.1, 0.15) is 0 Å². The predicted octanol–water partition coefficient (Wildman–Crippen LogP) is 1.96. The van der Waals surface area contributed by atoms with Crippen molar-refractivity contribution in [3.05, 3.63) is 59.7 Å². The molecule has 1 amide bonds. The zero-order valence-electron chi connectivity index (χ0n) is 14.7. The summed E-state index contributed by atoms with van der Waals surface area (Å²) >= 11 is 0. The lowest BCUT2D eigenvalue weighted by Gasteiger charge is -2.31. The van der Waals surface area contributed by atoms with E-state index in [0.717, 1.165) is 30.6 Å². The molecule has 2 aromatic rings. The molecule has 0 aromatic heterocycles. The number of para-hydroxylation sites is 1. The highest BCUT2D eigenvalue weighted by molar-refractivity contribution is 7.89. The summed E-state index contributed by atoms with van der Waals surface area (Å²) in [7, 11) is -3.71. The van der Waals surface area contributed by atoms with Crippen molar-refractivity contribution in [2.75, 3.05) is 18.0 Å². The van der Waals surface area contributed by atoms with E-state index in [4.69, 9.17) is 5.14 Å². The van der Waals surface area contributed by atoms with Crippen molar-refractivity contribution in [2.45, 2.75) is 30.7 Å². The van der Waals surface area contributed by atoms with Gasteiger partial charge in [-0.25, -0.2) is 13.6 Å². The van der Waals surface area contributed by atoms with E-state index in [1.807, 2.05) is 19.1 Å². The molecule has 0 spiro atoms. The lowest BCUT2D eigenvalue weighted by molar-refractivity contribution is -0.120. The topological polar surface area (TPSA) is 92.5 Å². The smallest absolute Gasteiger partial charge is 0.239 e. The average Bonchev–Trinajstić information content (AvgIpc) is 2.61. The molecule has 2 aromatic carbocycles. The van der Waals surface area contributed by atoms with Crippen LogP contribution in [-0.4, -0.2) is 27.4 Å². The number of fused-ring (bicyclic) bond motifs is 1. The summed E-state index contributed by atoms with van der Waals surface area (Å²) < 4.78 is 22.6. The largest absolute Gasteiger partial charge is 0.362 e. The number of sulfonamides is 1. The van der Waals surface area contributed by atoms with Crippen LogP contribution in [0.2, 0.25) is 0 Å². The van der Waals surface area contributed by atoms with Gasteiger partial charge in [0.05, 0.1) is 17.5 Å². The van der Waals surface area contributed by atoms with Gasteiger partial charge < -0.3 is 10.2 Å². The van der Waals surface area contributed by atoms with Gasteiger partial charge in [-0.3, -0.25) is 4.79 Å². The first-order valence-electron chi connectivity index (χ1n) is 8.59. The average molecular weight is 373 g/mol. The van der Waals surface area contributed by atoms with Gasteiger partial charge in [0.15, 0.2) is 0 Å². The number of nitrogens with zero attached hydrogens (tertiary/aromatic N) is 1. The third-order valence-electron chi connectivity index (χ3n) is 4.63. The van der Waals surface area contributed by atoms with E-state index in [1.165, 1.54) is 17.7 Å². The predicted molar refractivity (Wildman–Crippen MR) is 101 cm³/mol. The Bertz CT molecular complexity index is 895. The van der Waals surface area contributed by atoms with Gasteiger partial charge in [-0.15, -0.1) is 0 Å². The Morgan fingerprint density at radius 2 is 1.88 bits per heavy atom. The Morgan fingerprint density at radius 1 is 1.19 bits per heavy atom. The number of rotatable bonds is 5. The number of anilines is 1. The Hall–Kier alpha value is -2.38. The highest BCUT2D eigenvalue weighted by atomic mass is 32.2. The molecule has 0 fully saturated rings. The number of primary sulfonamides is 1. The summed E-state index contributed by atoms with van der Waals surface area (Å²) in [4.78, 5) is 14.6. The van der Waals surface area contributed by atoms with Crippen LogP contribution in [-0.2, 0) is 21.2 Å². The zero-order chi connectivity index (χ0) is 18.7. The molecule has 1 heterocycles. The first-order valence-corrected chi connectivity index (χ1v) is 10.1. The molecule has 0 radical (unpaired) electrons. The maximum atomic E-state index is 12.5. The van der Waals surface area contributed by atoms with Gasteiger partial charge in [0, 0.05) is 12.2 Å². The fourth-order valence-corrected chi connectivity index (χ4v) is 3.78. The number of carbonyl (C=O) groups is 1. The first kappa shape index (κ1) is 18.4. The molecule has 3 rings (SSSR count). The summed E-state index contributed by atoms with van der Waals surface area (Å²) in [6.07, 6.45) is 2.08. The van der Waals surface area contributed by atoms with Gasteiger partial charge in [0.25, 0.3) is 0 Å².